The van der Waals surface area contributed by atoms with Gasteiger partial charge in [-0.1, -0.05) is 38.5 Å². The molecule has 1 saturated carbocycles. The van der Waals surface area contributed by atoms with Crippen LogP contribution in [0.2, 0.25) is 0 Å². The van der Waals surface area contributed by atoms with Gasteiger partial charge in [-0.2, -0.15) is 0 Å². The lowest BCUT2D eigenvalue weighted by atomic mass is 9.82. The highest BCUT2D eigenvalue weighted by molar-refractivity contribution is 4.88. The lowest BCUT2D eigenvalue weighted by Gasteiger charge is -2.28. The van der Waals surface area contributed by atoms with Crippen LogP contribution < -0.4 is 5.32 Å². The average Bonchev–Trinajstić information content (AvgIpc) is 2.31. The second-order valence-electron chi connectivity index (χ2n) is 4.53. The standard InChI is InChI=1S/C12H21N/c1-3-10-13-11-12(2)8-6-4-5-7-9-12/h1,13H,4-11H2,2H3. The van der Waals surface area contributed by atoms with Crippen LogP contribution in [0.25, 0.3) is 0 Å². The molecule has 1 nitrogen and oxygen atoms in total. The number of nitrogens with one attached hydrogen (secondary N) is 1. The predicted molar refractivity (Wildman–Crippen MR) is 57.5 cm³/mol. The zero-order valence-corrected chi connectivity index (χ0v) is 8.73. The summed E-state index contributed by atoms with van der Waals surface area (Å²) in [5.41, 5.74) is 0.507. The molecule has 0 aromatic heterocycles. The summed E-state index contributed by atoms with van der Waals surface area (Å²) in [6.45, 7) is 4.20. The highest BCUT2D eigenvalue weighted by Gasteiger charge is 2.24. The summed E-state index contributed by atoms with van der Waals surface area (Å²) in [5, 5.41) is 3.34. The largest absolute Gasteiger partial charge is 0.306 e. The average molecular weight is 179 g/mol. The van der Waals surface area contributed by atoms with E-state index in [0.29, 0.717) is 5.41 Å². The Bertz CT molecular complexity index is 170. The molecule has 0 heterocycles. The molecule has 1 aliphatic carbocycles. The number of terminal acetylenes is 1. The molecule has 1 aliphatic rings. The Hall–Kier alpha value is -0.480. The van der Waals surface area contributed by atoms with Crippen LogP contribution in [0.4, 0.5) is 0 Å². The van der Waals surface area contributed by atoms with Crippen LogP contribution in [-0.4, -0.2) is 13.1 Å². The third-order valence-corrected chi connectivity index (χ3v) is 3.09. The van der Waals surface area contributed by atoms with Crippen molar-refractivity contribution >= 4 is 0 Å². The zero-order chi connectivity index (χ0) is 9.57. The molecule has 0 atom stereocenters. The Balaban J connectivity index is 2.30. The third-order valence-electron chi connectivity index (χ3n) is 3.09. The van der Waals surface area contributed by atoms with Crippen molar-refractivity contribution in [1.29, 1.82) is 0 Å². The summed E-state index contributed by atoms with van der Waals surface area (Å²) < 4.78 is 0. The maximum atomic E-state index is 5.21. The van der Waals surface area contributed by atoms with E-state index in [1.165, 1.54) is 38.5 Å². The van der Waals surface area contributed by atoms with Crippen molar-refractivity contribution in [2.75, 3.05) is 13.1 Å². The third kappa shape index (κ3) is 3.83. The van der Waals surface area contributed by atoms with Gasteiger partial charge in [0.15, 0.2) is 0 Å². The first-order chi connectivity index (χ1) is 6.27. The minimum atomic E-state index is 0.507. The van der Waals surface area contributed by atoms with Gasteiger partial charge in [-0.3, -0.25) is 0 Å². The van der Waals surface area contributed by atoms with Gasteiger partial charge in [0.25, 0.3) is 0 Å². The van der Waals surface area contributed by atoms with E-state index in [0.717, 1.165) is 13.1 Å². The minimum Gasteiger partial charge on any atom is -0.306 e. The quantitative estimate of drug-likeness (QED) is 0.399. The van der Waals surface area contributed by atoms with Gasteiger partial charge in [0, 0.05) is 6.54 Å². The van der Waals surface area contributed by atoms with E-state index in [4.69, 9.17) is 6.42 Å². The second-order valence-corrected chi connectivity index (χ2v) is 4.53. The second kappa shape index (κ2) is 5.29. The van der Waals surface area contributed by atoms with Crippen LogP contribution in [-0.2, 0) is 0 Å². The Morgan fingerprint density at radius 1 is 1.23 bits per heavy atom. The van der Waals surface area contributed by atoms with E-state index in [2.05, 4.69) is 18.2 Å². The molecule has 0 aromatic rings. The maximum absolute atomic E-state index is 5.21. The Labute approximate surface area is 82.3 Å². The molecule has 0 radical (unpaired) electrons. The summed E-state index contributed by atoms with van der Waals surface area (Å²) in [7, 11) is 0. The summed E-state index contributed by atoms with van der Waals surface area (Å²) in [6, 6.07) is 0. The zero-order valence-electron chi connectivity index (χ0n) is 8.73. The fraction of sp³-hybridized carbons (Fsp3) is 0.833. The first-order valence-corrected chi connectivity index (χ1v) is 5.41. The van der Waals surface area contributed by atoms with E-state index in [1.807, 2.05) is 0 Å². The fourth-order valence-corrected chi connectivity index (χ4v) is 2.20. The summed E-state index contributed by atoms with van der Waals surface area (Å²) >= 11 is 0. The number of hydrogen-bond donors (Lipinski definition) is 1. The Morgan fingerprint density at radius 2 is 1.85 bits per heavy atom. The molecule has 1 rings (SSSR count). The molecule has 0 unspecified atom stereocenters. The Kier molecular flexibility index (Phi) is 4.32. The van der Waals surface area contributed by atoms with Crippen molar-refractivity contribution in [1.82, 2.24) is 5.32 Å². The first kappa shape index (κ1) is 10.6. The fourth-order valence-electron chi connectivity index (χ4n) is 2.20. The van der Waals surface area contributed by atoms with Gasteiger partial charge in [-0.15, -0.1) is 6.42 Å². The van der Waals surface area contributed by atoms with Gasteiger partial charge < -0.3 is 5.32 Å². The highest BCUT2D eigenvalue weighted by atomic mass is 14.9. The van der Waals surface area contributed by atoms with Gasteiger partial charge >= 0.3 is 0 Å². The van der Waals surface area contributed by atoms with E-state index >= 15 is 0 Å². The van der Waals surface area contributed by atoms with E-state index < -0.39 is 0 Å². The van der Waals surface area contributed by atoms with Crippen LogP contribution in [0.15, 0.2) is 0 Å². The predicted octanol–water partition coefficient (Wildman–Crippen LogP) is 2.57. The number of hydrogen-bond acceptors (Lipinski definition) is 1. The maximum Gasteiger partial charge on any atom is 0.0574 e. The van der Waals surface area contributed by atoms with E-state index in [1.54, 1.807) is 0 Å². The molecular weight excluding hydrogens is 158 g/mol. The van der Waals surface area contributed by atoms with Gasteiger partial charge in [0.2, 0.25) is 0 Å². The summed E-state index contributed by atoms with van der Waals surface area (Å²) in [6.07, 6.45) is 13.6. The molecule has 0 aliphatic heterocycles. The van der Waals surface area contributed by atoms with E-state index in [9.17, 15) is 0 Å². The van der Waals surface area contributed by atoms with Crippen LogP contribution in [0.3, 0.4) is 0 Å². The van der Waals surface area contributed by atoms with Gasteiger partial charge in [-0.05, 0) is 18.3 Å². The molecule has 74 valence electrons. The minimum absolute atomic E-state index is 0.507. The highest BCUT2D eigenvalue weighted by Crippen LogP contribution is 2.33. The van der Waals surface area contributed by atoms with Crippen LogP contribution >= 0.6 is 0 Å². The lowest BCUT2D eigenvalue weighted by Crippen LogP contribution is -2.31. The smallest absolute Gasteiger partial charge is 0.0574 e. The van der Waals surface area contributed by atoms with Gasteiger partial charge in [0.1, 0.15) is 0 Å². The van der Waals surface area contributed by atoms with E-state index in [-0.39, 0.29) is 0 Å². The number of rotatable bonds is 3. The summed E-state index contributed by atoms with van der Waals surface area (Å²) in [5.74, 6) is 2.63. The Morgan fingerprint density at radius 3 is 2.38 bits per heavy atom. The van der Waals surface area contributed by atoms with Crippen LogP contribution in [0.1, 0.15) is 45.4 Å². The van der Waals surface area contributed by atoms with Gasteiger partial charge in [0.05, 0.1) is 6.54 Å². The molecule has 1 heteroatoms. The first-order valence-electron chi connectivity index (χ1n) is 5.41. The van der Waals surface area contributed by atoms with Crippen LogP contribution in [0, 0.1) is 17.8 Å². The van der Waals surface area contributed by atoms with Gasteiger partial charge in [-0.25, -0.2) is 0 Å². The molecular formula is C12H21N. The van der Waals surface area contributed by atoms with Crippen LogP contribution in [0.5, 0.6) is 0 Å². The SMILES string of the molecule is C#CCNCC1(C)CCCCCC1. The molecule has 1 N–H and O–H groups in total. The molecule has 0 bridgehead atoms. The monoisotopic (exact) mass is 179 g/mol. The van der Waals surface area contributed by atoms with Crippen molar-refractivity contribution in [3.05, 3.63) is 0 Å². The topological polar surface area (TPSA) is 12.0 Å². The molecule has 0 amide bonds. The van der Waals surface area contributed by atoms with Crippen molar-refractivity contribution < 1.29 is 0 Å². The molecule has 0 saturated heterocycles. The summed E-state index contributed by atoms with van der Waals surface area (Å²) in [4.78, 5) is 0. The van der Waals surface area contributed by atoms with Crippen molar-refractivity contribution in [2.45, 2.75) is 45.4 Å². The molecule has 0 aromatic carbocycles. The normalized spacial score (nSPS) is 21.8. The van der Waals surface area contributed by atoms with Crippen molar-refractivity contribution in [3.8, 4) is 12.3 Å². The van der Waals surface area contributed by atoms with Crippen molar-refractivity contribution in [2.24, 2.45) is 5.41 Å². The molecule has 1 fully saturated rings. The lowest BCUT2D eigenvalue weighted by molar-refractivity contribution is 0.267. The van der Waals surface area contributed by atoms with Crippen molar-refractivity contribution in [3.63, 3.8) is 0 Å². The molecule has 13 heavy (non-hydrogen) atoms. The molecule has 0 spiro atoms.